The lowest BCUT2D eigenvalue weighted by Crippen LogP contribution is -2.61. The predicted octanol–water partition coefficient (Wildman–Crippen LogP) is 2.71. The topological polar surface area (TPSA) is 64.6 Å². The number of carbonyl (C=O) groups is 2. The molecule has 0 aliphatic heterocycles. The Morgan fingerprint density at radius 1 is 1.08 bits per heavy atom. The summed E-state index contributed by atoms with van der Waals surface area (Å²) in [6.07, 6.45) is -11.3. The Hall–Kier alpha value is -1.83. The SMILES string of the molecule is C=CNC(=O)C(OCC(F)(F)S)(OC(=O)C(=C)C(F)(F)F)C(F)(F)F. The molecule has 0 saturated heterocycles. The first-order chi connectivity index (χ1) is 11.0. The maximum absolute atomic E-state index is 13.2. The number of alkyl halides is 8. The average Bonchev–Trinajstić information content (AvgIpc) is 2.39. The van der Waals surface area contributed by atoms with Gasteiger partial charge < -0.3 is 14.8 Å². The van der Waals surface area contributed by atoms with Gasteiger partial charge in [-0.15, -0.1) is 12.6 Å². The number of ether oxygens (including phenoxy) is 2. The number of rotatable bonds is 7. The average molecular weight is 403 g/mol. The second-order valence-electron chi connectivity index (χ2n) is 4.11. The first-order valence-electron chi connectivity index (χ1n) is 5.70. The quantitative estimate of drug-likeness (QED) is 0.226. The van der Waals surface area contributed by atoms with Gasteiger partial charge in [-0.2, -0.15) is 35.1 Å². The van der Waals surface area contributed by atoms with Crippen LogP contribution >= 0.6 is 12.6 Å². The molecular weight excluding hydrogens is 394 g/mol. The van der Waals surface area contributed by atoms with Crippen molar-refractivity contribution < 1.29 is 54.2 Å². The summed E-state index contributed by atoms with van der Waals surface area (Å²) in [5.41, 5.74) is -2.44. The molecule has 0 aromatic carbocycles. The smallest absolute Gasteiger partial charge is 0.412 e. The van der Waals surface area contributed by atoms with Crippen LogP contribution in [-0.4, -0.2) is 41.9 Å². The van der Waals surface area contributed by atoms with E-state index >= 15 is 0 Å². The van der Waals surface area contributed by atoms with E-state index in [1.807, 2.05) is 0 Å². The number of halogens is 8. The van der Waals surface area contributed by atoms with Crippen molar-refractivity contribution in [2.75, 3.05) is 6.61 Å². The van der Waals surface area contributed by atoms with Crippen molar-refractivity contribution in [3.05, 3.63) is 24.9 Å². The van der Waals surface area contributed by atoms with Crippen LogP contribution in [0.25, 0.3) is 0 Å². The molecule has 1 amide bonds. The molecular formula is C11H9F8NO4S. The fourth-order valence-corrected chi connectivity index (χ4v) is 1.16. The zero-order valence-electron chi connectivity index (χ0n) is 11.8. The molecule has 1 N–H and O–H groups in total. The first-order valence-corrected chi connectivity index (χ1v) is 6.15. The van der Waals surface area contributed by atoms with Gasteiger partial charge in [-0.25, -0.2) is 4.79 Å². The van der Waals surface area contributed by atoms with Crippen molar-refractivity contribution in [3.8, 4) is 0 Å². The number of amides is 1. The number of thiol groups is 1. The van der Waals surface area contributed by atoms with Crippen LogP contribution in [0.1, 0.15) is 0 Å². The van der Waals surface area contributed by atoms with E-state index in [1.165, 1.54) is 5.32 Å². The zero-order chi connectivity index (χ0) is 20.3. The standard InChI is InChI=1S/C11H9F8NO4S/c1-3-20-7(22)9(11(17,18)19,23-4-8(12,13)25)24-6(21)5(2)10(14,15)16/h3,25H,1-2,4H2,(H,20,22). The maximum atomic E-state index is 13.2. The molecule has 0 saturated carbocycles. The molecule has 0 aliphatic carbocycles. The van der Waals surface area contributed by atoms with Crippen molar-refractivity contribution in [2.45, 2.75) is 23.4 Å². The van der Waals surface area contributed by atoms with Crippen molar-refractivity contribution in [1.82, 2.24) is 5.32 Å². The largest absolute Gasteiger partial charge is 0.466 e. The number of nitrogens with one attached hydrogen (secondary N) is 1. The second-order valence-corrected chi connectivity index (χ2v) is 4.77. The van der Waals surface area contributed by atoms with Gasteiger partial charge in [0.25, 0.3) is 0 Å². The number of hydrogen-bond acceptors (Lipinski definition) is 5. The number of hydrogen-bond donors (Lipinski definition) is 2. The van der Waals surface area contributed by atoms with Crippen LogP contribution in [0.15, 0.2) is 24.9 Å². The molecule has 0 aromatic rings. The Balaban J connectivity index is 6.00. The highest BCUT2D eigenvalue weighted by atomic mass is 32.1. The molecule has 0 fully saturated rings. The molecule has 0 aromatic heterocycles. The lowest BCUT2D eigenvalue weighted by Gasteiger charge is -2.33. The molecule has 0 heterocycles. The van der Waals surface area contributed by atoms with Crippen LogP contribution in [0.4, 0.5) is 35.1 Å². The highest BCUT2D eigenvalue weighted by Crippen LogP contribution is 2.38. The van der Waals surface area contributed by atoms with Crippen LogP contribution in [0.3, 0.4) is 0 Å². The second kappa shape index (κ2) is 7.59. The van der Waals surface area contributed by atoms with E-state index in [0.29, 0.717) is 6.20 Å². The lowest BCUT2D eigenvalue weighted by atomic mass is 10.2. The molecule has 0 aliphatic rings. The van der Waals surface area contributed by atoms with E-state index in [1.54, 1.807) is 0 Å². The van der Waals surface area contributed by atoms with Crippen molar-refractivity contribution in [3.63, 3.8) is 0 Å². The summed E-state index contributed by atoms with van der Waals surface area (Å²) in [5, 5.41) is -3.02. The van der Waals surface area contributed by atoms with E-state index in [-0.39, 0.29) is 0 Å². The zero-order valence-corrected chi connectivity index (χ0v) is 12.7. The summed E-state index contributed by atoms with van der Waals surface area (Å²) in [7, 11) is 0. The number of carbonyl (C=O) groups excluding carboxylic acids is 2. The summed E-state index contributed by atoms with van der Waals surface area (Å²) >= 11 is 2.54. The van der Waals surface area contributed by atoms with Gasteiger partial charge in [0.2, 0.25) is 0 Å². The highest BCUT2D eigenvalue weighted by Gasteiger charge is 2.67. The third kappa shape index (κ3) is 6.19. The number of esters is 1. The Kier molecular flexibility index (Phi) is 7.04. The summed E-state index contributed by atoms with van der Waals surface area (Å²) in [6.45, 7) is 2.73. The summed E-state index contributed by atoms with van der Waals surface area (Å²) in [4.78, 5) is 22.8. The van der Waals surface area contributed by atoms with Crippen LogP contribution in [0, 0.1) is 0 Å². The predicted molar refractivity (Wildman–Crippen MR) is 68.3 cm³/mol. The van der Waals surface area contributed by atoms with Gasteiger partial charge in [-0.05, 0) is 6.20 Å². The summed E-state index contributed by atoms with van der Waals surface area (Å²) in [5.74, 6) is -10.0. The summed E-state index contributed by atoms with van der Waals surface area (Å²) < 4.78 is 109. The third-order valence-corrected chi connectivity index (χ3v) is 2.31. The van der Waals surface area contributed by atoms with Crippen molar-refractivity contribution in [2.24, 2.45) is 0 Å². The minimum atomic E-state index is -6.05. The van der Waals surface area contributed by atoms with E-state index in [0.717, 1.165) is 0 Å². The molecule has 14 heteroatoms. The Labute approximate surface area is 140 Å². The Morgan fingerprint density at radius 2 is 1.56 bits per heavy atom. The molecule has 1 unspecified atom stereocenters. The Bertz CT molecular complexity index is 554. The van der Waals surface area contributed by atoms with Gasteiger partial charge in [0.15, 0.2) is 0 Å². The van der Waals surface area contributed by atoms with Crippen LogP contribution in [-0.2, 0) is 19.1 Å². The summed E-state index contributed by atoms with van der Waals surface area (Å²) in [6, 6.07) is 0. The van der Waals surface area contributed by atoms with E-state index in [9.17, 15) is 44.7 Å². The molecule has 144 valence electrons. The minimum Gasteiger partial charge on any atom is -0.412 e. The third-order valence-electron chi connectivity index (χ3n) is 2.18. The van der Waals surface area contributed by atoms with E-state index < -0.39 is 47.5 Å². The fraction of sp³-hybridized carbons (Fsp3) is 0.455. The van der Waals surface area contributed by atoms with Crippen molar-refractivity contribution in [1.29, 1.82) is 0 Å². The lowest BCUT2D eigenvalue weighted by molar-refractivity contribution is -0.352. The van der Waals surface area contributed by atoms with E-state index in [4.69, 9.17) is 0 Å². The van der Waals surface area contributed by atoms with Gasteiger partial charge >= 0.3 is 35.3 Å². The molecule has 0 rings (SSSR count). The van der Waals surface area contributed by atoms with Crippen LogP contribution in [0.2, 0.25) is 0 Å². The van der Waals surface area contributed by atoms with Gasteiger partial charge in [-0.3, -0.25) is 4.79 Å². The van der Waals surface area contributed by atoms with Gasteiger partial charge in [0.05, 0.1) is 0 Å². The van der Waals surface area contributed by atoms with Gasteiger partial charge in [-0.1, -0.05) is 13.2 Å². The fourth-order valence-electron chi connectivity index (χ4n) is 1.09. The van der Waals surface area contributed by atoms with Crippen molar-refractivity contribution >= 4 is 24.5 Å². The van der Waals surface area contributed by atoms with Gasteiger partial charge in [0.1, 0.15) is 12.2 Å². The molecule has 0 radical (unpaired) electrons. The minimum absolute atomic E-state index is 0.317. The van der Waals surface area contributed by atoms with Crippen LogP contribution < -0.4 is 5.32 Å². The molecule has 0 spiro atoms. The van der Waals surface area contributed by atoms with Crippen LogP contribution in [0.5, 0.6) is 0 Å². The van der Waals surface area contributed by atoms with Gasteiger partial charge in [0, 0.05) is 0 Å². The molecule has 25 heavy (non-hydrogen) atoms. The molecule has 0 bridgehead atoms. The Morgan fingerprint density at radius 3 is 1.88 bits per heavy atom. The molecule has 5 nitrogen and oxygen atoms in total. The first kappa shape index (κ1) is 23.2. The monoisotopic (exact) mass is 403 g/mol. The highest BCUT2D eigenvalue weighted by molar-refractivity contribution is 7.81. The van der Waals surface area contributed by atoms with E-state index in [2.05, 4.69) is 35.3 Å². The maximum Gasteiger partial charge on any atom is 0.466 e. The molecule has 1 atom stereocenters. The normalized spacial score (nSPS) is 15.1.